The molecule has 0 atom stereocenters. The number of para-hydroxylation sites is 1. The van der Waals surface area contributed by atoms with Gasteiger partial charge in [-0.3, -0.25) is 4.79 Å². The van der Waals surface area contributed by atoms with Gasteiger partial charge in [0.05, 0.1) is 11.4 Å². The van der Waals surface area contributed by atoms with Crippen molar-refractivity contribution >= 4 is 17.7 Å². The number of aromatic nitrogens is 2. The van der Waals surface area contributed by atoms with Gasteiger partial charge in [-0.25, -0.2) is 13.5 Å². The van der Waals surface area contributed by atoms with Gasteiger partial charge in [-0.15, -0.1) is 0 Å². The number of rotatable bonds is 4. The zero-order valence-electron chi connectivity index (χ0n) is 14.3. The Balaban J connectivity index is 1.79. The van der Waals surface area contributed by atoms with Crippen molar-refractivity contribution in [1.29, 1.82) is 0 Å². The van der Waals surface area contributed by atoms with Crippen molar-refractivity contribution in [3.63, 3.8) is 0 Å². The van der Waals surface area contributed by atoms with Crippen LogP contribution in [-0.2, 0) is 4.79 Å². The molecule has 0 saturated heterocycles. The van der Waals surface area contributed by atoms with Crippen LogP contribution < -0.4 is 5.32 Å². The summed E-state index contributed by atoms with van der Waals surface area (Å²) in [6.45, 7) is 3.78. The van der Waals surface area contributed by atoms with Crippen LogP contribution in [0.2, 0.25) is 0 Å². The van der Waals surface area contributed by atoms with Crippen LogP contribution in [0.5, 0.6) is 0 Å². The lowest BCUT2D eigenvalue weighted by Gasteiger charge is -2.04. The second kappa shape index (κ2) is 7.31. The topological polar surface area (TPSA) is 46.9 Å². The second-order valence-corrected chi connectivity index (χ2v) is 5.78. The predicted molar refractivity (Wildman–Crippen MR) is 97.1 cm³/mol. The van der Waals surface area contributed by atoms with E-state index in [1.54, 1.807) is 6.08 Å². The lowest BCUT2D eigenvalue weighted by molar-refractivity contribution is -0.111. The first-order valence-corrected chi connectivity index (χ1v) is 8.01. The van der Waals surface area contributed by atoms with E-state index in [2.05, 4.69) is 10.4 Å². The van der Waals surface area contributed by atoms with Gasteiger partial charge >= 0.3 is 0 Å². The van der Waals surface area contributed by atoms with E-state index in [0.717, 1.165) is 34.8 Å². The standard InChI is InChI=1S/C20H17F2N3O/c1-13-17(14(2)25(24-13)16-6-4-3-5-7-16)9-11-20(26)23-15-8-10-18(21)19(22)12-15/h3-12H,1-2H3,(H,23,26)/b11-9+. The molecule has 0 fully saturated rings. The van der Waals surface area contributed by atoms with Gasteiger partial charge in [0, 0.05) is 29.1 Å². The summed E-state index contributed by atoms with van der Waals surface area (Å²) in [5, 5.41) is 7.00. The van der Waals surface area contributed by atoms with E-state index in [4.69, 9.17) is 0 Å². The van der Waals surface area contributed by atoms with Gasteiger partial charge in [0.15, 0.2) is 11.6 Å². The quantitative estimate of drug-likeness (QED) is 0.706. The van der Waals surface area contributed by atoms with Crippen molar-refractivity contribution in [1.82, 2.24) is 9.78 Å². The van der Waals surface area contributed by atoms with Gasteiger partial charge < -0.3 is 5.32 Å². The third kappa shape index (κ3) is 3.69. The van der Waals surface area contributed by atoms with Crippen molar-refractivity contribution in [2.45, 2.75) is 13.8 Å². The molecular weight excluding hydrogens is 336 g/mol. The maximum absolute atomic E-state index is 13.2. The molecular formula is C20H17F2N3O. The number of nitrogens with one attached hydrogen (secondary N) is 1. The highest BCUT2D eigenvalue weighted by molar-refractivity contribution is 6.02. The predicted octanol–water partition coefficient (Wildman–Crippen LogP) is 4.42. The number of anilines is 1. The highest BCUT2D eigenvalue weighted by Gasteiger charge is 2.11. The smallest absolute Gasteiger partial charge is 0.248 e. The number of benzene rings is 2. The Morgan fingerprint density at radius 3 is 2.50 bits per heavy atom. The largest absolute Gasteiger partial charge is 0.322 e. The molecule has 0 aliphatic rings. The number of amides is 1. The van der Waals surface area contributed by atoms with Crippen molar-refractivity contribution in [3.05, 3.63) is 83.2 Å². The van der Waals surface area contributed by atoms with Gasteiger partial charge in [-0.05, 0) is 44.2 Å². The maximum Gasteiger partial charge on any atom is 0.248 e. The minimum absolute atomic E-state index is 0.187. The number of halogens is 2. The van der Waals surface area contributed by atoms with Crippen LogP contribution in [-0.4, -0.2) is 15.7 Å². The van der Waals surface area contributed by atoms with Crippen LogP contribution in [0.15, 0.2) is 54.6 Å². The van der Waals surface area contributed by atoms with Crippen molar-refractivity contribution in [3.8, 4) is 5.69 Å². The van der Waals surface area contributed by atoms with Crippen molar-refractivity contribution < 1.29 is 13.6 Å². The fourth-order valence-corrected chi connectivity index (χ4v) is 2.63. The first-order valence-electron chi connectivity index (χ1n) is 8.01. The third-order valence-electron chi connectivity index (χ3n) is 3.94. The summed E-state index contributed by atoms with van der Waals surface area (Å²) in [5.74, 6) is -2.41. The Kier molecular flexibility index (Phi) is 4.93. The summed E-state index contributed by atoms with van der Waals surface area (Å²) in [6.07, 6.45) is 3.00. The summed E-state index contributed by atoms with van der Waals surface area (Å²) in [6, 6.07) is 12.9. The summed E-state index contributed by atoms with van der Waals surface area (Å²) >= 11 is 0. The Morgan fingerprint density at radius 2 is 1.81 bits per heavy atom. The number of hydrogen-bond acceptors (Lipinski definition) is 2. The van der Waals surface area contributed by atoms with Gasteiger partial charge in [0.2, 0.25) is 5.91 Å². The van der Waals surface area contributed by atoms with Crippen LogP contribution in [0, 0.1) is 25.5 Å². The normalized spacial score (nSPS) is 11.1. The molecule has 3 rings (SSSR count). The van der Waals surface area contributed by atoms with Gasteiger partial charge in [-0.1, -0.05) is 18.2 Å². The van der Waals surface area contributed by atoms with Crippen LogP contribution in [0.25, 0.3) is 11.8 Å². The van der Waals surface area contributed by atoms with Crippen molar-refractivity contribution in [2.75, 3.05) is 5.32 Å². The van der Waals surface area contributed by atoms with Gasteiger partial charge in [0.1, 0.15) is 0 Å². The summed E-state index contributed by atoms with van der Waals surface area (Å²) in [4.78, 5) is 12.0. The molecule has 0 unspecified atom stereocenters. The molecule has 1 N–H and O–H groups in total. The maximum atomic E-state index is 13.2. The number of carbonyl (C=O) groups excluding carboxylic acids is 1. The zero-order chi connectivity index (χ0) is 18.7. The molecule has 1 aromatic heterocycles. The number of aryl methyl sites for hydroxylation is 1. The van der Waals surface area contributed by atoms with Crippen LogP contribution in [0.4, 0.5) is 14.5 Å². The molecule has 0 radical (unpaired) electrons. The first kappa shape index (κ1) is 17.5. The lowest BCUT2D eigenvalue weighted by atomic mass is 10.2. The average molecular weight is 353 g/mol. The molecule has 0 aliphatic carbocycles. The van der Waals surface area contributed by atoms with E-state index in [1.165, 1.54) is 12.1 Å². The van der Waals surface area contributed by atoms with E-state index < -0.39 is 17.5 Å². The average Bonchev–Trinajstić information content (AvgIpc) is 2.91. The molecule has 2 aromatic carbocycles. The Bertz CT molecular complexity index is 978. The minimum atomic E-state index is -1.01. The van der Waals surface area contributed by atoms with E-state index >= 15 is 0 Å². The van der Waals surface area contributed by atoms with E-state index in [-0.39, 0.29) is 5.69 Å². The SMILES string of the molecule is Cc1nn(-c2ccccc2)c(C)c1/C=C/C(=O)Nc1ccc(F)c(F)c1. The van der Waals surface area contributed by atoms with Crippen LogP contribution in [0.1, 0.15) is 17.0 Å². The Morgan fingerprint density at radius 1 is 1.08 bits per heavy atom. The van der Waals surface area contributed by atoms with E-state index in [0.29, 0.717) is 0 Å². The molecule has 132 valence electrons. The number of nitrogens with zero attached hydrogens (tertiary/aromatic N) is 2. The lowest BCUT2D eigenvalue weighted by Crippen LogP contribution is -2.08. The van der Waals surface area contributed by atoms with E-state index in [1.807, 2.05) is 48.9 Å². The fraction of sp³-hybridized carbons (Fsp3) is 0.100. The fourth-order valence-electron chi connectivity index (χ4n) is 2.63. The van der Waals surface area contributed by atoms with Gasteiger partial charge in [0.25, 0.3) is 0 Å². The Labute approximate surface area is 149 Å². The first-order chi connectivity index (χ1) is 12.5. The molecule has 0 saturated carbocycles. The third-order valence-corrected chi connectivity index (χ3v) is 3.94. The summed E-state index contributed by atoms with van der Waals surface area (Å²) in [7, 11) is 0. The molecule has 0 bridgehead atoms. The molecule has 6 heteroatoms. The number of carbonyl (C=O) groups is 1. The van der Waals surface area contributed by atoms with Crippen LogP contribution >= 0.6 is 0 Å². The molecule has 1 heterocycles. The highest BCUT2D eigenvalue weighted by atomic mass is 19.2. The molecule has 1 amide bonds. The molecule has 0 spiro atoms. The Hall–Kier alpha value is -3.28. The van der Waals surface area contributed by atoms with Crippen LogP contribution in [0.3, 0.4) is 0 Å². The number of hydrogen-bond donors (Lipinski definition) is 1. The van der Waals surface area contributed by atoms with E-state index in [9.17, 15) is 13.6 Å². The zero-order valence-corrected chi connectivity index (χ0v) is 14.3. The van der Waals surface area contributed by atoms with Crippen molar-refractivity contribution in [2.24, 2.45) is 0 Å². The molecule has 4 nitrogen and oxygen atoms in total. The minimum Gasteiger partial charge on any atom is -0.322 e. The summed E-state index contributed by atoms with van der Waals surface area (Å²) < 4.78 is 27.9. The molecule has 26 heavy (non-hydrogen) atoms. The monoisotopic (exact) mass is 353 g/mol. The van der Waals surface area contributed by atoms with Gasteiger partial charge in [-0.2, -0.15) is 5.10 Å². The highest BCUT2D eigenvalue weighted by Crippen LogP contribution is 2.19. The molecule has 3 aromatic rings. The second-order valence-electron chi connectivity index (χ2n) is 5.78. The molecule has 0 aliphatic heterocycles. The summed E-state index contributed by atoms with van der Waals surface area (Å²) in [5.41, 5.74) is 3.62.